The summed E-state index contributed by atoms with van der Waals surface area (Å²) in [4.78, 5) is 0. The summed E-state index contributed by atoms with van der Waals surface area (Å²) in [5.41, 5.74) is 0. The largest absolute Gasteiger partial charge is 0.262 e. The zero-order valence-corrected chi connectivity index (χ0v) is 7.30. The van der Waals surface area contributed by atoms with Gasteiger partial charge in [0.1, 0.15) is 0 Å². The van der Waals surface area contributed by atoms with Crippen LogP contribution in [0.15, 0.2) is 0 Å². The minimum absolute atomic E-state index is 0.611. The summed E-state index contributed by atoms with van der Waals surface area (Å²) < 4.78 is 3.12. The van der Waals surface area contributed by atoms with Gasteiger partial charge in [-0.15, -0.1) is 0 Å². The molecule has 0 spiro atoms. The third kappa shape index (κ3) is 16.2. The van der Waals surface area contributed by atoms with Gasteiger partial charge in [-0.2, -0.15) is 0 Å². The Morgan fingerprint density at radius 3 is 1.62 bits per heavy atom. The zero-order valence-electron chi connectivity index (χ0n) is 6.49. The van der Waals surface area contributed by atoms with Crippen LogP contribution in [0.25, 0.3) is 0 Å². The summed E-state index contributed by atoms with van der Waals surface area (Å²) in [7, 11) is 0. The molecule has 2 heteroatoms. The van der Waals surface area contributed by atoms with Gasteiger partial charge in [0.05, 0.1) is 0 Å². The lowest BCUT2D eigenvalue weighted by atomic mass is 10.4. The van der Waals surface area contributed by atoms with E-state index in [9.17, 15) is 0 Å². The van der Waals surface area contributed by atoms with Crippen molar-refractivity contribution >= 4 is 11.9 Å². The van der Waals surface area contributed by atoms with Crippen LogP contribution in [0.5, 0.6) is 0 Å². The van der Waals surface area contributed by atoms with Gasteiger partial charge in [-0.05, 0) is 20.1 Å². The molecule has 0 bridgehead atoms. The van der Waals surface area contributed by atoms with Crippen molar-refractivity contribution in [2.45, 2.75) is 33.7 Å². The maximum Gasteiger partial charge on any atom is 0.0115 e. The van der Waals surface area contributed by atoms with Gasteiger partial charge in [0.15, 0.2) is 0 Å². The summed E-state index contributed by atoms with van der Waals surface area (Å²) in [6.45, 7) is 8.24. The molecule has 0 aliphatic rings. The molecule has 1 N–H and O–H groups in total. The highest BCUT2D eigenvalue weighted by Crippen LogP contribution is 1.85. The molecule has 0 rings (SSSR count). The minimum atomic E-state index is 0.611. The Kier molecular flexibility index (Phi) is 14.4. The van der Waals surface area contributed by atoms with Gasteiger partial charge in [-0.3, -0.25) is 4.72 Å². The average Bonchev–Trinajstić information content (AvgIpc) is 1.72. The molecule has 0 aliphatic heterocycles. The van der Waals surface area contributed by atoms with E-state index < -0.39 is 0 Å². The first-order chi connectivity index (χ1) is 3.77. The molecule has 0 saturated carbocycles. The topological polar surface area (TPSA) is 12.0 Å². The van der Waals surface area contributed by atoms with E-state index in [-0.39, 0.29) is 0 Å². The molecule has 0 fully saturated rings. The molecule has 1 nitrogen and oxygen atoms in total. The Hall–Kier alpha value is 0.310. The second kappa shape index (κ2) is 10.3. The normalized spacial score (nSPS) is 8.25. The first kappa shape index (κ1) is 11.2. The Balaban J connectivity index is 0. The molecule has 0 aliphatic carbocycles. The zero-order chi connectivity index (χ0) is 6.99. The van der Waals surface area contributed by atoms with E-state index in [2.05, 4.69) is 18.6 Å². The minimum Gasteiger partial charge on any atom is -0.262 e. The van der Waals surface area contributed by atoms with E-state index in [4.69, 9.17) is 0 Å². The molecule has 0 heterocycles. The molecule has 0 aromatic carbocycles. The van der Waals surface area contributed by atoms with Gasteiger partial charge in [0.25, 0.3) is 0 Å². The van der Waals surface area contributed by atoms with Crippen LogP contribution in [0, 0.1) is 0 Å². The molecule has 8 heavy (non-hydrogen) atoms. The van der Waals surface area contributed by atoms with Gasteiger partial charge >= 0.3 is 0 Å². The first-order valence-corrected chi connectivity index (χ1v) is 4.28. The number of hydrogen-bond donors (Lipinski definition) is 1. The molecule has 0 radical (unpaired) electrons. The van der Waals surface area contributed by atoms with E-state index in [0.29, 0.717) is 6.04 Å². The second-order valence-electron chi connectivity index (χ2n) is 1.48. The number of rotatable bonds is 2. The van der Waals surface area contributed by atoms with E-state index in [1.54, 1.807) is 11.9 Å². The molecule has 0 aromatic rings. The van der Waals surface area contributed by atoms with Crippen LogP contribution < -0.4 is 4.72 Å². The first-order valence-electron chi connectivity index (χ1n) is 3.06. The van der Waals surface area contributed by atoms with Crippen molar-refractivity contribution in [3.8, 4) is 0 Å². The van der Waals surface area contributed by atoms with E-state index in [1.807, 2.05) is 20.1 Å². The Morgan fingerprint density at radius 2 is 1.62 bits per heavy atom. The van der Waals surface area contributed by atoms with Gasteiger partial charge < -0.3 is 0 Å². The van der Waals surface area contributed by atoms with E-state index in [1.165, 1.54) is 0 Å². The van der Waals surface area contributed by atoms with Crippen LogP contribution in [0.1, 0.15) is 27.7 Å². The number of hydrogen-bond acceptors (Lipinski definition) is 2. The van der Waals surface area contributed by atoms with Crippen molar-refractivity contribution in [2.24, 2.45) is 0 Å². The highest BCUT2D eigenvalue weighted by Gasteiger charge is 1.82. The Labute approximate surface area is 57.4 Å². The van der Waals surface area contributed by atoms with Crippen molar-refractivity contribution in [1.29, 1.82) is 0 Å². The molecule has 0 aromatic heterocycles. The maximum atomic E-state index is 3.12. The van der Waals surface area contributed by atoms with Gasteiger partial charge in [0.2, 0.25) is 0 Å². The molecule has 0 saturated heterocycles. The molecule has 0 atom stereocenters. The van der Waals surface area contributed by atoms with E-state index >= 15 is 0 Å². The van der Waals surface area contributed by atoms with Gasteiger partial charge in [0, 0.05) is 6.04 Å². The van der Waals surface area contributed by atoms with Crippen LogP contribution >= 0.6 is 11.9 Å². The lowest BCUT2D eigenvalue weighted by molar-refractivity contribution is 0.773. The standard InChI is InChI=1S/C4H11NS.C2H6/c1-4(2)5-6-3;1-2/h4-5H,1-3H3;1-2H3. The van der Waals surface area contributed by atoms with Crippen molar-refractivity contribution in [2.75, 3.05) is 6.26 Å². The smallest absolute Gasteiger partial charge is 0.0115 e. The fourth-order valence-electron chi connectivity index (χ4n) is 0.236. The number of nitrogens with one attached hydrogen (secondary N) is 1. The molecule has 0 amide bonds. The monoisotopic (exact) mass is 135 g/mol. The highest BCUT2D eigenvalue weighted by molar-refractivity contribution is 7.96. The van der Waals surface area contributed by atoms with Crippen molar-refractivity contribution in [3.63, 3.8) is 0 Å². The summed E-state index contributed by atoms with van der Waals surface area (Å²) in [6, 6.07) is 0.611. The summed E-state index contributed by atoms with van der Waals surface area (Å²) in [5.74, 6) is 0. The van der Waals surface area contributed by atoms with Gasteiger partial charge in [-0.1, -0.05) is 25.8 Å². The SMILES string of the molecule is CC.CSNC(C)C. The Morgan fingerprint density at radius 1 is 1.25 bits per heavy atom. The summed E-state index contributed by atoms with van der Waals surface area (Å²) in [5, 5.41) is 0. The quantitative estimate of drug-likeness (QED) is 0.583. The molecule has 0 unspecified atom stereocenters. The van der Waals surface area contributed by atoms with Crippen LogP contribution in [0.2, 0.25) is 0 Å². The third-order valence-corrected chi connectivity index (χ3v) is 1.06. The lowest BCUT2D eigenvalue weighted by Gasteiger charge is -1.99. The van der Waals surface area contributed by atoms with Crippen molar-refractivity contribution in [3.05, 3.63) is 0 Å². The predicted octanol–water partition coefficient (Wildman–Crippen LogP) is 2.29. The lowest BCUT2D eigenvalue weighted by Crippen LogP contribution is -2.12. The predicted molar refractivity (Wildman–Crippen MR) is 43.1 cm³/mol. The average molecular weight is 135 g/mol. The Bertz CT molecular complexity index is 29.7. The van der Waals surface area contributed by atoms with Crippen LogP contribution in [0.3, 0.4) is 0 Å². The summed E-state index contributed by atoms with van der Waals surface area (Å²) in [6.07, 6.45) is 2.03. The van der Waals surface area contributed by atoms with Crippen LogP contribution in [-0.4, -0.2) is 12.3 Å². The van der Waals surface area contributed by atoms with Gasteiger partial charge in [-0.25, -0.2) is 0 Å². The van der Waals surface area contributed by atoms with Crippen molar-refractivity contribution in [1.82, 2.24) is 4.72 Å². The third-order valence-electron chi connectivity index (χ3n) is 0.354. The molecular weight excluding hydrogens is 118 g/mol. The van der Waals surface area contributed by atoms with Crippen LogP contribution in [-0.2, 0) is 0 Å². The fourth-order valence-corrected chi connectivity index (χ4v) is 0.707. The highest BCUT2D eigenvalue weighted by atomic mass is 32.2. The molecule has 52 valence electrons. The fraction of sp³-hybridized carbons (Fsp3) is 1.00. The van der Waals surface area contributed by atoms with Crippen LogP contribution in [0.4, 0.5) is 0 Å². The summed E-state index contributed by atoms with van der Waals surface area (Å²) >= 11 is 1.66. The second-order valence-corrected chi connectivity index (χ2v) is 2.12. The van der Waals surface area contributed by atoms with E-state index in [0.717, 1.165) is 0 Å². The maximum absolute atomic E-state index is 3.12. The van der Waals surface area contributed by atoms with Crippen molar-refractivity contribution < 1.29 is 0 Å². The molecular formula is C6H17NS.